The van der Waals surface area contributed by atoms with Crippen LogP contribution in [0.15, 0.2) is 0 Å². The van der Waals surface area contributed by atoms with Crippen molar-refractivity contribution in [1.29, 1.82) is 0 Å². The molecule has 0 saturated carbocycles. The molecule has 0 amide bonds. The SMILES string of the molecule is CCC(C)CCCCCCCCCCCCCCCCC(=O)O[C@H](COC(=O)CCCCCCCCC(C)CC)COP(=O)(O)OC[C@H](O)COP(=O)(O)OC[C@@H](COC(=O)CCCCCCCCCCCCC(C)C)OC(=O)CCCCCCCCC(C)C. The minimum atomic E-state index is -4.95. The van der Waals surface area contributed by atoms with Crippen LogP contribution in [0.4, 0.5) is 0 Å². The van der Waals surface area contributed by atoms with E-state index in [-0.39, 0.29) is 25.7 Å². The zero-order valence-electron chi connectivity index (χ0n) is 58.8. The normalized spacial score (nSPS) is 14.9. The molecule has 0 saturated heterocycles. The number of aliphatic hydroxyl groups excluding tert-OH is 1. The zero-order valence-corrected chi connectivity index (χ0v) is 60.6. The van der Waals surface area contributed by atoms with E-state index < -0.39 is 97.5 Å². The second kappa shape index (κ2) is 60.7. The van der Waals surface area contributed by atoms with Crippen LogP contribution < -0.4 is 0 Å². The van der Waals surface area contributed by atoms with Crippen LogP contribution in [-0.4, -0.2) is 96.7 Å². The molecular formula is C71H138O17P2. The first-order chi connectivity index (χ1) is 43.2. The molecule has 0 aliphatic rings. The summed E-state index contributed by atoms with van der Waals surface area (Å²) in [6, 6.07) is 0. The van der Waals surface area contributed by atoms with E-state index in [2.05, 4.69) is 55.4 Å². The maximum atomic E-state index is 13.0. The summed E-state index contributed by atoms with van der Waals surface area (Å²) in [4.78, 5) is 72.5. The predicted molar refractivity (Wildman–Crippen MR) is 363 cm³/mol. The Morgan fingerprint density at radius 1 is 0.311 bits per heavy atom. The third kappa shape index (κ3) is 62.2. The molecule has 534 valence electrons. The molecule has 19 heteroatoms. The van der Waals surface area contributed by atoms with Gasteiger partial charge in [0.15, 0.2) is 12.2 Å². The van der Waals surface area contributed by atoms with Crippen molar-refractivity contribution in [1.82, 2.24) is 0 Å². The number of aliphatic hydroxyl groups is 1. The summed E-state index contributed by atoms with van der Waals surface area (Å²) in [5, 5.41) is 10.6. The van der Waals surface area contributed by atoms with Gasteiger partial charge in [-0.25, -0.2) is 9.13 Å². The van der Waals surface area contributed by atoms with Crippen molar-refractivity contribution in [2.24, 2.45) is 23.7 Å². The summed E-state index contributed by atoms with van der Waals surface area (Å²) in [6.45, 7) is 14.1. The van der Waals surface area contributed by atoms with Crippen molar-refractivity contribution in [3.8, 4) is 0 Å². The lowest BCUT2D eigenvalue weighted by Gasteiger charge is -2.21. The van der Waals surface area contributed by atoms with E-state index in [9.17, 15) is 43.2 Å². The Labute approximate surface area is 549 Å². The van der Waals surface area contributed by atoms with Gasteiger partial charge in [0, 0.05) is 25.7 Å². The molecule has 0 bridgehead atoms. The van der Waals surface area contributed by atoms with Crippen LogP contribution in [0.5, 0.6) is 0 Å². The first kappa shape index (κ1) is 88.1. The van der Waals surface area contributed by atoms with E-state index in [1.807, 2.05) is 0 Å². The summed E-state index contributed by atoms with van der Waals surface area (Å²) in [7, 11) is -9.90. The zero-order chi connectivity index (χ0) is 66.8. The molecule has 0 radical (unpaired) electrons. The molecule has 0 rings (SSSR count). The molecule has 0 heterocycles. The van der Waals surface area contributed by atoms with Gasteiger partial charge in [-0.05, 0) is 49.4 Å². The fraction of sp³-hybridized carbons (Fsp3) is 0.944. The molecule has 17 nitrogen and oxygen atoms in total. The van der Waals surface area contributed by atoms with Crippen LogP contribution in [0, 0.1) is 23.7 Å². The standard InChI is InChI=1S/C71H138O17P2/c1-9-63(7)49-41-33-24-20-15-13-11-12-14-16-22-26-37-45-53-70(75)87-66(58-82-69(74)52-44-36-30-28-34-42-50-64(8)10-2)59-85-89(77,78)83-55-65(72)56-84-90(79,80)86-60-67(88-71(76)54-46-38-29-27-32-40-48-62(5)6)57-81-68(73)51-43-35-25-21-18-17-19-23-31-39-47-61(3)4/h61-67,72H,9-60H2,1-8H3,(H,77,78)(H,79,80)/t63?,64?,65-,66+,67+/m0/s1. The van der Waals surface area contributed by atoms with Crippen molar-refractivity contribution in [2.45, 2.75) is 369 Å². The number of carbonyl (C=O) groups excluding carboxylic acids is 4. The van der Waals surface area contributed by atoms with Crippen LogP contribution in [0.1, 0.15) is 351 Å². The number of hydrogen-bond donors (Lipinski definition) is 3. The van der Waals surface area contributed by atoms with Crippen molar-refractivity contribution < 1.29 is 80.2 Å². The summed E-state index contributed by atoms with van der Waals surface area (Å²) in [5.41, 5.74) is 0. The van der Waals surface area contributed by atoms with Crippen LogP contribution in [-0.2, 0) is 65.4 Å². The molecule has 0 aromatic carbocycles. The van der Waals surface area contributed by atoms with Crippen molar-refractivity contribution in [3.63, 3.8) is 0 Å². The minimum absolute atomic E-state index is 0.101. The number of phosphoric ester groups is 2. The van der Waals surface area contributed by atoms with E-state index in [1.165, 1.54) is 148 Å². The van der Waals surface area contributed by atoms with E-state index in [4.69, 9.17) is 37.0 Å². The monoisotopic (exact) mass is 1320 g/mol. The first-order valence-electron chi connectivity index (χ1n) is 36.8. The Morgan fingerprint density at radius 2 is 0.533 bits per heavy atom. The highest BCUT2D eigenvalue weighted by Gasteiger charge is 2.30. The predicted octanol–water partition coefficient (Wildman–Crippen LogP) is 20.1. The average molecular weight is 1330 g/mol. The number of unbranched alkanes of at least 4 members (excludes halogenated alkanes) is 32. The lowest BCUT2D eigenvalue weighted by Crippen LogP contribution is -2.30. The van der Waals surface area contributed by atoms with E-state index in [0.717, 1.165) is 114 Å². The Hall–Kier alpha value is -1.94. The van der Waals surface area contributed by atoms with Gasteiger partial charge in [0.25, 0.3) is 0 Å². The van der Waals surface area contributed by atoms with Gasteiger partial charge in [0.1, 0.15) is 19.3 Å². The van der Waals surface area contributed by atoms with Gasteiger partial charge in [-0.15, -0.1) is 0 Å². The van der Waals surface area contributed by atoms with Crippen LogP contribution in [0.25, 0.3) is 0 Å². The van der Waals surface area contributed by atoms with E-state index >= 15 is 0 Å². The van der Waals surface area contributed by atoms with Crippen LogP contribution in [0.2, 0.25) is 0 Å². The molecule has 3 N–H and O–H groups in total. The number of esters is 4. The number of rotatable bonds is 68. The van der Waals surface area contributed by atoms with Gasteiger partial charge >= 0.3 is 39.5 Å². The van der Waals surface area contributed by atoms with Gasteiger partial charge in [-0.3, -0.25) is 37.3 Å². The van der Waals surface area contributed by atoms with E-state index in [0.29, 0.717) is 31.6 Å². The summed E-state index contributed by atoms with van der Waals surface area (Å²) >= 11 is 0. The topological polar surface area (TPSA) is 237 Å². The maximum absolute atomic E-state index is 13.0. The lowest BCUT2D eigenvalue weighted by molar-refractivity contribution is -0.161. The highest BCUT2D eigenvalue weighted by atomic mass is 31.2. The Morgan fingerprint density at radius 3 is 0.789 bits per heavy atom. The second-order valence-corrected chi connectivity index (χ2v) is 30.0. The van der Waals surface area contributed by atoms with Crippen molar-refractivity contribution in [3.05, 3.63) is 0 Å². The van der Waals surface area contributed by atoms with Gasteiger partial charge < -0.3 is 33.8 Å². The Kier molecular flexibility index (Phi) is 59.4. The van der Waals surface area contributed by atoms with Crippen LogP contribution in [0.3, 0.4) is 0 Å². The van der Waals surface area contributed by atoms with Gasteiger partial charge in [0.2, 0.25) is 0 Å². The largest absolute Gasteiger partial charge is 0.472 e. The second-order valence-electron chi connectivity index (χ2n) is 27.1. The highest BCUT2D eigenvalue weighted by molar-refractivity contribution is 7.47. The van der Waals surface area contributed by atoms with Crippen LogP contribution >= 0.6 is 15.6 Å². The molecule has 0 fully saturated rings. The molecule has 90 heavy (non-hydrogen) atoms. The maximum Gasteiger partial charge on any atom is 0.472 e. The summed E-state index contributed by atoms with van der Waals surface area (Å²) in [5.74, 6) is 0.871. The number of ether oxygens (including phenoxy) is 4. The molecule has 0 aliphatic carbocycles. The Balaban J connectivity index is 5.20. The molecule has 0 spiro atoms. The Bertz CT molecular complexity index is 1790. The van der Waals surface area contributed by atoms with Crippen molar-refractivity contribution >= 4 is 39.5 Å². The third-order valence-corrected chi connectivity index (χ3v) is 18.9. The molecular weight excluding hydrogens is 1190 g/mol. The highest BCUT2D eigenvalue weighted by Crippen LogP contribution is 2.45. The van der Waals surface area contributed by atoms with Crippen molar-refractivity contribution in [2.75, 3.05) is 39.6 Å². The van der Waals surface area contributed by atoms with Gasteiger partial charge in [0.05, 0.1) is 26.4 Å². The van der Waals surface area contributed by atoms with Gasteiger partial charge in [-0.2, -0.15) is 0 Å². The summed E-state index contributed by atoms with van der Waals surface area (Å²) in [6.07, 6.45) is 43.2. The average Bonchev–Trinajstić information content (AvgIpc) is 3.42. The summed E-state index contributed by atoms with van der Waals surface area (Å²) < 4.78 is 68.3. The lowest BCUT2D eigenvalue weighted by atomic mass is 9.99. The number of phosphoric acid groups is 2. The number of carbonyl (C=O) groups is 4. The minimum Gasteiger partial charge on any atom is -0.462 e. The molecule has 4 unspecified atom stereocenters. The third-order valence-electron chi connectivity index (χ3n) is 17.0. The first-order valence-corrected chi connectivity index (χ1v) is 39.8. The molecule has 0 aromatic rings. The van der Waals surface area contributed by atoms with Gasteiger partial charge in [-0.1, -0.05) is 299 Å². The number of hydrogen-bond acceptors (Lipinski definition) is 15. The quantitative estimate of drug-likeness (QED) is 0.0222. The smallest absolute Gasteiger partial charge is 0.462 e. The molecule has 0 aromatic heterocycles. The fourth-order valence-corrected chi connectivity index (χ4v) is 12.2. The fourth-order valence-electron chi connectivity index (χ4n) is 10.6. The molecule has 0 aliphatic heterocycles. The van der Waals surface area contributed by atoms with E-state index in [1.54, 1.807) is 0 Å². The molecule has 7 atom stereocenters.